The third-order valence-electron chi connectivity index (χ3n) is 4.10. The van der Waals surface area contributed by atoms with Gasteiger partial charge in [0.2, 0.25) is 12.7 Å². The summed E-state index contributed by atoms with van der Waals surface area (Å²) in [6.07, 6.45) is 0.906. The highest BCUT2D eigenvalue weighted by Gasteiger charge is 2.27. The van der Waals surface area contributed by atoms with Crippen LogP contribution in [0.2, 0.25) is 0 Å². The maximum Gasteiger partial charge on any atom is 0.231 e. The minimum atomic E-state index is 0. The number of halogens is 1. The normalized spacial score (nSPS) is 18.6. The Kier molecular flexibility index (Phi) is 6.50. The van der Waals surface area contributed by atoms with Gasteiger partial charge >= 0.3 is 0 Å². The lowest BCUT2D eigenvalue weighted by molar-refractivity contribution is -0.136. The zero-order valence-corrected chi connectivity index (χ0v) is 14.1. The van der Waals surface area contributed by atoms with Gasteiger partial charge in [-0.05, 0) is 30.7 Å². The minimum absolute atomic E-state index is 0. The summed E-state index contributed by atoms with van der Waals surface area (Å²) in [5.74, 6) is 1.78. The zero-order chi connectivity index (χ0) is 15.4. The van der Waals surface area contributed by atoms with E-state index in [9.17, 15) is 4.79 Å². The van der Waals surface area contributed by atoms with Crippen LogP contribution >= 0.6 is 12.4 Å². The molecule has 1 saturated heterocycles. The van der Waals surface area contributed by atoms with Gasteiger partial charge in [0, 0.05) is 26.7 Å². The van der Waals surface area contributed by atoms with Crippen molar-refractivity contribution in [2.45, 2.75) is 13.0 Å². The van der Waals surface area contributed by atoms with Gasteiger partial charge in [0.15, 0.2) is 11.5 Å². The van der Waals surface area contributed by atoms with E-state index in [1.807, 2.05) is 23.1 Å². The minimum Gasteiger partial charge on any atom is -0.454 e. The first-order valence-electron chi connectivity index (χ1n) is 7.65. The molecule has 1 fully saturated rings. The Labute approximate surface area is 142 Å². The molecule has 2 heterocycles. The maximum absolute atomic E-state index is 12.7. The van der Waals surface area contributed by atoms with Crippen molar-refractivity contribution < 1.29 is 19.0 Å². The molecule has 3 rings (SSSR count). The van der Waals surface area contributed by atoms with E-state index in [0.717, 1.165) is 36.6 Å². The number of fused-ring (bicyclic) bond motifs is 1. The average molecular weight is 343 g/mol. The highest BCUT2D eigenvalue weighted by Crippen LogP contribution is 2.32. The smallest absolute Gasteiger partial charge is 0.231 e. The monoisotopic (exact) mass is 342 g/mol. The van der Waals surface area contributed by atoms with Crippen molar-refractivity contribution in [2.75, 3.05) is 40.1 Å². The van der Waals surface area contributed by atoms with Crippen LogP contribution in [0.25, 0.3) is 0 Å². The summed E-state index contributed by atoms with van der Waals surface area (Å²) in [5.41, 5.74) is 1.04. The number of nitrogens with zero attached hydrogens (tertiary/aromatic N) is 1. The molecule has 1 N–H and O–H groups in total. The van der Waals surface area contributed by atoms with Crippen molar-refractivity contribution in [3.05, 3.63) is 23.8 Å². The van der Waals surface area contributed by atoms with Gasteiger partial charge in [-0.3, -0.25) is 4.79 Å². The van der Waals surface area contributed by atoms with Crippen LogP contribution in [-0.2, 0) is 16.1 Å². The Bertz CT molecular complexity index is 535. The van der Waals surface area contributed by atoms with Crippen LogP contribution in [0.4, 0.5) is 0 Å². The molecular weight excluding hydrogens is 320 g/mol. The predicted octanol–water partition coefficient (Wildman–Crippen LogP) is 1.42. The SMILES string of the molecule is COCCN(Cc1ccc2c(c1)OCO2)C(=O)C1CCNC1.Cl. The number of hydrogen-bond donors (Lipinski definition) is 1. The van der Waals surface area contributed by atoms with Gasteiger partial charge in [-0.25, -0.2) is 0 Å². The topological polar surface area (TPSA) is 60.0 Å². The average Bonchev–Trinajstić information content (AvgIpc) is 3.21. The summed E-state index contributed by atoms with van der Waals surface area (Å²) in [4.78, 5) is 14.5. The van der Waals surface area contributed by atoms with Crippen molar-refractivity contribution in [2.24, 2.45) is 5.92 Å². The molecule has 7 heteroatoms. The number of carbonyl (C=O) groups excluding carboxylic acids is 1. The van der Waals surface area contributed by atoms with Crippen molar-refractivity contribution in [1.29, 1.82) is 0 Å². The first kappa shape index (κ1) is 17.8. The lowest BCUT2D eigenvalue weighted by Crippen LogP contribution is -2.38. The molecule has 1 unspecified atom stereocenters. The fourth-order valence-corrected chi connectivity index (χ4v) is 2.85. The molecule has 128 valence electrons. The van der Waals surface area contributed by atoms with Crippen LogP contribution in [0.5, 0.6) is 11.5 Å². The number of rotatable bonds is 6. The molecule has 1 aromatic carbocycles. The Morgan fingerprint density at radius 2 is 2.22 bits per heavy atom. The third kappa shape index (κ3) is 4.28. The van der Waals surface area contributed by atoms with Crippen LogP contribution in [0.15, 0.2) is 18.2 Å². The van der Waals surface area contributed by atoms with E-state index < -0.39 is 0 Å². The summed E-state index contributed by atoms with van der Waals surface area (Å²) in [5, 5.41) is 3.25. The van der Waals surface area contributed by atoms with Crippen LogP contribution in [0.3, 0.4) is 0 Å². The van der Waals surface area contributed by atoms with Gasteiger partial charge in [0.1, 0.15) is 0 Å². The van der Waals surface area contributed by atoms with Crippen LogP contribution in [0, 0.1) is 5.92 Å². The standard InChI is InChI=1S/C16H22N2O4.ClH/c1-20-7-6-18(16(19)13-4-5-17-9-13)10-12-2-3-14-15(8-12)22-11-21-14;/h2-3,8,13,17H,4-7,9-11H2,1H3;1H. The van der Waals surface area contributed by atoms with Gasteiger partial charge in [0.05, 0.1) is 12.5 Å². The molecule has 0 bridgehead atoms. The molecule has 23 heavy (non-hydrogen) atoms. The number of ether oxygens (including phenoxy) is 3. The van der Waals surface area contributed by atoms with E-state index in [1.165, 1.54) is 0 Å². The van der Waals surface area contributed by atoms with Gasteiger partial charge in [-0.15, -0.1) is 12.4 Å². The lowest BCUT2D eigenvalue weighted by Gasteiger charge is -2.25. The van der Waals surface area contributed by atoms with Crippen LogP contribution < -0.4 is 14.8 Å². The molecule has 1 amide bonds. The van der Waals surface area contributed by atoms with Crippen molar-refractivity contribution in [1.82, 2.24) is 10.2 Å². The number of benzene rings is 1. The van der Waals surface area contributed by atoms with E-state index in [-0.39, 0.29) is 31.0 Å². The second kappa shape index (κ2) is 8.38. The molecule has 1 atom stereocenters. The van der Waals surface area contributed by atoms with Gasteiger partial charge in [-0.2, -0.15) is 0 Å². The van der Waals surface area contributed by atoms with Crippen molar-refractivity contribution in [3.63, 3.8) is 0 Å². The van der Waals surface area contributed by atoms with Crippen LogP contribution in [0.1, 0.15) is 12.0 Å². The summed E-state index contributed by atoms with van der Waals surface area (Å²) < 4.78 is 15.9. The van der Waals surface area contributed by atoms with Gasteiger partial charge in [-0.1, -0.05) is 6.07 Å². The van der Waals surface area contributed by atoms with Gasteiger partial charge < -0.3 is 24.4 Å². The van der Waals surface area contributed by atoms with E-state index in [4.69, 9.17) is 14.2 Å². The second-order valence-corrected chi connectivity index (χ2v) is 5.63. The largest absolute Gasteiger partial charge is 0.454 e. The molecular formula is C16H23ClN2O4. The second-order valence-electron chi connectivity index (χ2n) is 5.63. The van der Waals surface area contributed by atoms with Gasteiger partial charge in [0.25, 0.3) is 0 Å². The highest BCUT2D eigenvalue weighted by molar-refractivity contribution is 5.85. The molecule has 2 aliphatic rings. The van der Waals surface area contributed by atoms with Crippen molar-refractivity contribution >= 4 is 18.3 Å². The Morgan fingerprint density at radius 1 is 1.39 bits per heavy atom. The zero-order valence-electron chi connectivity index (χ0n) is 13.2. The fraction of sp³-hybridized carbons (Fsp3) is 0.562. The molecule has 0 radical (unpaired) electrons. The Morgan fingerprint density at radius 3 is 2.96 bits per heavy atom. The summed E-state index contributed by atoms with van der Waals surface area (Å²) >= 11 is 0. The Balaban J connectivity index is 0.00000192. The fourth-order valence-electron chi connectivity index (χ4n) is 2.85. The number of amides is 1. The Hall–Kier alpha value is -1.50. The molecule has 1 aromatic rings. The maximum atomic E-state index is 12.7. The van der Waals surface area contributed by atoms with E-state index in [2.05, 4.69) is 5.32 Å². The highest BCUT2D eigenvalue weighted by atomic mass is 35.5. The predicted molar refractivity (Wildman–Crippen MR) is 88.1 cm³/mol. The number of carbonyl (C=O) groups is 1. The van der Waals surface area contributed by atoms with E-state index >= 15 is 0 Å². The molecule has 0 aliphatic carbocycles. The molecule has 0 aromatic heterocycles. The summed E-state index contributed by atoms with van der Waals surface area (Å²) in [7, 11) is 1.65. The summed E-state index contributed by atoms with van der Waals surface area (Å²) in [6.45, 7) is 3.65. The number of nitrogens with one attached hydrogen (secondary N) is 1. The first-order chi connectivity index (χ1) is 10.8. The molecule has 0 saturated carbocycles. The molecule has 2 aliphatic heterocycles. The lowest BCUT2D eigenvalue weighted by atomic mass is 10.1. The van der Waals surface area contributed by atoms with E-state index in [1.54, 1.807) is 7.11 Å². The third-order valence-corrected chi connectivity index (χ3v) is 4.10. The van der Waals surface area contributed by atoms with E-state index in [0.29, 0.717) is 19.7 Å². The van der Waals surface area contributed by atoms with Crippen molar-refractivity contribution in [3.8, 4) is 11.5 Å². The van der Waals surface area contributed by atoms with Crippen LogP contribution in [-0.4, -0.2) is 51.0 Å². The molecule has 6 nitrogen and oxygen atoms in total. The number of hydrogen-bond acceptors (Lipinski definition) is 5. The first-order valence-corrected chi connectivity index (χ1v) is 7.65. The quantitative estimate of drug-likeness (QED) is 0.847. The molecule has 0 spiro atoms. The number of methoxy groups -OCH3 is 1. The summed E-state index contributed by atoms with van der Waals surface area (Å²) in [6, 6.07) is 5.82.